The molecule has 3 aliphatic rings. The fraction of sp³-hybridized carbons (Fsp3) is 0.400. The van der Waals surface area contributed by atoms with Crippen molar-refractivity contribution in [2.45, 2.75) is 31.1 Å². The number of ether oxygens (including phenoxy) is 1. The molecule has 23 heavy (non-hydrogen) atoms. The van der Waals surface area contributed by atoms with Crippen LogP contribution >= 0.6 is 11.6 Å². The highest BCUT2D eigenvalue weighted by Crippen LogP contribution is 2.65. The molecule has 0 spiro atoms. The third-order valence-corrected chi connectivity index (χ3v) is 6.41. The third kappa shape index (κ3) is 1.88. The highest BCUT2D eigenvalue weighted by atomic mass is 35.5. The van der Waals surface area contributed by atoms with Crippen molar-refractivity contribution < 1.29 is 4.74 Å². The van der Waals surface area contributed by atoms with Gasteiger partial charge in [-0.15, -0.1) is 0 Å². The van der Waals surface area contributed by atoms with Gasteiger partial charge in [0.2, 0.25) is 0 Å². The molecule has 2 bridgehead atoms. The third-order valence-electron chi connectivity index (χ3n) is 6.18. The number of rotatable bonds is 1. The molecular formula is C20H20ClNO. The lowest BCUT2D eigenvalue weighted by Gasteiger charge is -2.32. The van der Waals surface area contributed by atoms with Crippen LogP contribution in [0.5, 0.6) is 5.75 Å². The maximum Gasteiger partial charge on any atom is 0.124 e. The lowest BCUT2D eigenvalue weighted by Crippen LogP contribution is -2.19. The first-order chi connectivity index (χ1) is 11.3. The van der Waals surface area contributed by atoms with Gasteiger partial charge in [0.1, 0.15) is 5.75 Å². The van der Waals surface area contributed by atoms with Crippen molar-refractivity contribution >= 4 is 23.0 Å². The van der Waals surface area contributed by atoms with E-state index in [1.807, 2.05) is 6.07 Å². The second kappa shape index (κ2) is 4.91. The largest absolute Gasteiger partial charge is 0.496 e. The molecule has 4 unspecified atom stereocenters. The minimum atomic E-state index is 0.548. The van der Waals surface area contributed by atoms with Crippen LogP contribution in [0.3, 0.4) is 0 Å². The first-order valence-electron chi connectivity index (χ1n) is 8.49. The van der Waals surface area contributed by atoms with Crippen LogP contribution in [-0.2, 0) is 0 Å². The van der Waals surface area contributed by atoms with Crippen molar-refractivity contribution in [3.05, 3.63) is 52.5 Å². The van der Waals surface area contributed by atoms with Crippen molar-refractivity contribution in [2.24, 2.45) is 11.8 Å². The summed E-state index contributed by atoms with van der Waals surface area (Å²) in [4.78, 5) is 0. The average Bonchev–Trinajstić information content (AvgIpc) is 3.13. The fourth-order valence-electron chi connectivity index (χ4n) is 5.40. The number of hydrogen-bond acceptors (Lipinski definition) is 2. The van der Waals surface area contributed by atoms with Gasteiger partial charge in [0, 0.05) is 22.0 Å². The number of benzene rings is 2. The van der Waals surface area contributed by atoms with E-state index in [1.165, 1.54) is 41.8 Å². The van der Waals surface area contributed by atoms with Crippen molar-refractivity contribution in [3.8, 4) is 5.75 Å². The van der Waals surface area contributed by atoms with Gasteiger partial charge < -0.3 is 10.1 Å². The van der Waals surface area contributed by atoms with Crippen LogP contribution in [0.15, 0.2) is 36.4 Å². The minimum Gasteiger partial charge on any atom is -0.496 e. The van der Waals surface area contributed by atoms with E-state index in [0.29, 0.717) is 11.8 Å². The summed E-state index contributed by atoms with van der Waals surface area (Å²) in [5, 5.41) is 4.50. The molecule has 0 aromatic heterocycles. The van der Waals surface area contributed by atoms with Gasteiger partial charge in [-0.25, -0.2) is 0 Å². The first kappa shape index (κ1) is 13.7. The number of fused-ring (bicyclic) bond motifs is 9. The predicted molar refractivity (Wildman–Crippen MR) is 94.0 cm³/mol. The van der Waals surface area contributed by atoms with Crippen LogP contribution in [0.1, 0.15) is 42.2 Å². The smallest absolute Gasteiger partial charge is 0.124 e. The van der Waals surface area contributed by atoms with Gasteiger partial charge in [0.25, 0.3) is 0 Å². The zero-order valence-electron chi connectivity index (χ0n) is 13.2. The van der Waals surface area contributed by atoms with E-state index in [1.54, 1.807) is 7.11 Å². The highest BCUT2D eigenvalue weighted by Gasteiger charge is 2.51. The van der Waals surface area contributed by atoms with Crippen LogP contribution in [-0.4, -0.2) is 7.11 Å². The summed E-state index contributed by atoms with van der Waals surface area (Å²) in [6, 6.07) is 12.7. The second-order valence-corrected chi connectivity index (χ2v) is 7.60. The molecule has 0 radical (unpaired) electrons. The molecule has 0 saturated heterocycles. The Morgan fingerprint density at radius 3 is 2.70 bits per heavy atom. The first-order valence-corrected chi connectivity index (χ1v) is 8.87. The monoisotopic (exact) mass is 325 g/mol. The number of anilines is 2. The van der Waals surface area contributed by atoms with E-state index >= 15 is 0 Å². The van der Waals surface area contributed by atoms with E-state index in [4.69, 9.17) is 16.3 Å². The Hall–Kier alpha value is -1.67. The molecule has 1 aliphatic heterocycles. The summed E-state index contributed by atoms with van der Waals surface area (Å²) < 4.78 is 5.74. The average molecular weight is 326 g/mol. The molecule has 2 fully saturated rings. The molecule has 3 heteroatoms. The Bertz CT molecular complexity index is 787. The zero-order chi connectivity index (χ0) is 15.6. The van der Waals surface area contributed by atoms with Crippen LogP contribution < -0.4 is 10.1 Å². The van der Waals surface area contributed by atoms with Gasteiger partial charge in [-0.05, 0) is 78.8 Å². The molecule has 4 atom stereocenters. The van der Waals surface area contributed by atoms with Gasteiger partial charge >= 0.3 is 0 Å². The number of hydrogen-bond donors (Lipinski definition) is 1. The number of nitrogens with one attached hydrogen (secondary N) is 1. The topological polar surface area (TPSA) is 21.3 Å². The van der Waals surface area contributed by atoms with E-state index in [0.717, 1.165) is 22.6 Å². The highest BCUT2D eigenvalue weighted by molar-refractivity contribution is 6.30. The summed E-state index contributed by atoms with van der Waals surface area (Å²) in [5.41, 5.74) is 5.18. The molecular weight excluding hydrogens is 306 g/mol. The minimum absolute atomic E-state index is 0.548. The van der Waals surface area contributed by atoms with Crippen LogP contribution in [0.2, 0.25) is 5.02 Å². The lowest BCUT2D eigenvalue weighted by atomic mass is 9.72. The molecule has 2 aliphatic carbocycles. The van der Waals surface area contributed by atoms with E-state index < -0.39 is 0 Å². The maximum atomic E-state index is 6.34. The van der Waals surface area contributed by atoms with Gasteiger partial charge in [0.05, 0.1) is 7.11 Å². The van der Waals surface area contributed by atoms with Crippen molar-refractivity contribution in [3.63, 3.8) is 0 Å². The standard InChI is InChI=1S/C20H20ClNO/c1-23-17-4-2-3-16-20(17)19-12-6-5-11(9-12)18(19)14-10-13(21)7-8-15(14)22-16/h2-4,7-8,10-12,18-19,22H,5-6,9H2,1H3. The van der Waals surface area contributed by atoms with E-state index in [2.05, 4.69) is 35.6 Å². The summed E-state index contributed by atoms with van der Waals surface area (Å²) in [7, 11) is 1.78. The molecule has 2 nitrogen and oxygen atoms in total. The Labute approximate surface area is 141 Å². The molecule has 118 valence electrons. The van der Waals surface area contributed by atoms with Crippen LogP contribution in [0, 0.1) is 11.8 Å². The molecule has 2 aromatic rings. The Kier molecular flexibility index (Phi) is 2.93. The van der Waals surface area contributed by atoms with Gasteiger partial charge in [-0.1, -0.05) is 17.7 Å². The summed E-state index contributed by atoms with van der Waals surface area (Å²) in [6.07, 6.45) is 4.04. The van der Waals surface area contributed by atoms with Gasteiger partial charge in [-0.2, -0.15) is 0 Å². The normalized spacial score (nSPS) is 30.0. The van der Waals surface area contributed by atoms with Crippen molar-refractivity contribution in [2.75, 3.05) is 12.4 Å². The SMILES string of the molecule is COc1cccc2c1C1C3CCC(C3)C1c1cc(Cl)ccc1N2. The molecule has 2 aromatic carbocycles. The lowest BCUT2D eigenvalue weighted by molar-refractivity contribution is 0.350. The Morgan fingerprint density at radius 2 is 1.87 bits per heavy atom. The second-order valence-electron chi connectivity index (χ2n) is 7.16. The van der Waals surface area contributed by atoms with Crippen LogP contribution in [0.25, 0.3) is 0 Å². The summed E-state index contributed by atoms with van der Waals surface area (Å²) >= 11 is 6.34. The molecule has 0 amide bonds. The van der Waals surface area contributed by atoms with Crippen LogP contribution in [0.4, 0.5) is 11.4 Å². The Morgan fingerprint density at radius 1 is 1.04 bits per heavy atom. The molecule has 1 N–H and O–H groups in total. The van der Waals surface area contributed by atoms with Gasteiger partial charge in [0.15, 0.2) is 0 Å². The van der Waals surface area contributed by atoms with E-state index in [-0.39, 0.29) is 0 Å². The van der Waals surface area contributed by atoms with Crippen molar-refractivity contribution in [1.29, 1.82) is 0 Å². The quantitative estimate of drug-likeness (QED) is 0.725. The summed E-state index contributed by atoms with van der Waals surface area (Å²) in [6.45, 7) is 0. The Balaban J connectivity index is 1.78. The van der Waals surface area contributed by atoms with E-state index in [9.17, 15) is 0 Å². The number of halogens is 1. The molecule has 2 saturated carbocycles. The van der Waals surface area contributed by atoms with Gasteiger partial charge in [-0.3, -0.25) is 0 Å². The predicted octanol–water partition coefficient (Wildman–Crippen LogP) is 5.70. The fourth-order valence-corrected chi connectivity index (χ4v) is 5.58. The zero-order valence-corrected chi connectivity index (χ0v) is 13.9. The summed E-state index contributed by atoms with van der Waals surface area (Å²) in [5.74, 6) is 3.68. The molecule has 1 heterocycles. The van der Waals surface area contributed by atoms with Crippen molar-refractivity contribution in [1.82, 2.24) is 0 Å². The number of methoxy groups -OCH3 is 1. The maximum absolute atomic E-state index is 6.34. The molecule has 5 rings (SSSR count).